The van der Waals surface area contributed by atoms with Crippen LogP contribution in [0.1, 0.15) is 12.8 Å². The van der Waals surface area contributed by atoms with Gasteiger partial charge in [0.15, 0.2) is 0 Å². The first-order chi connectivity index (χ1) is 7.25. The Morgan fingerprint density at radius 1 is 1.60 bits per heavy atom. The van der Waals surface area contributed by atoms with E-state index in [1.807, 2.05) is 17.5 Å². The van der Waals surface area contributed by atoms with Crippen LogP contribution in [0, 0.1) is 0 Å². The third-order valence-electron chi connectivity index (χ3n) is 1.69. The number of carbonyl (C=O) groups is 1. The van der Waals surface area contributed by atoms with E-state index >= 15 is 0 Å². The molecule has 0 bridgehead atoms. The molecule has 2 heterocycles. The molecule has 15 heavy (non-hydrogen) atoms. The van der Waals surface area contributed by atoms with Gasteiger partial charge >= 0.3 is 0 Å². The van der Waals surface area contributed by atoms with Gasteiger partial charge in [-0.05, 0) is 11.4 Å². The molecule has 0 unspecified atom stereocenters. The fourth-order valence-corrected chi connectivity index (χ4v) is 1.67. The summed E-state index contributed by atoms with van der Waals surface area (Å²) in [6, 6.07) is 3.82. The van der Waals surface area contributed by atoms with E-state index in [1.165, 1.54) is 18.3 Å². The Balaban J connectivity index is 2.08. The molecule has 2 rings (SSSR count). The Bertz CT molecular complexity index is 450. The number of hydrogen-bond acceptors (Lipinski definition) is 5. The molecule has 6 heteroatoms. The van der Waals surface area contributed by atoms with Crippen molar-refractivity contribution < 1.29 is 9.21 Å². The average Bonchev–Trinajstić information content (AvgIpc) is 2.85. The van der Waals surface area contributed by atoms with E-state index in [0.717, 1.165) is 4.88 Å². The number of carbonyl (C=O) groups excluding carboxylic acids is 1. The molecule has 0 saturated heterocycles. The second-order valence-electron chi connectivity index (χ2n) is 2.89. The Kier molecular flexibility index (Phi) is 2.77. The molecule has 0 aliphatic heterocycles. The Morgan fingerprint density at radius 2 is 2.47 bits per heavy atom. The first-order valence-electron chi connectivity index (χ1n) is 4.36. The molecule has 0 aliphatic carbocycles. The van der Waals surface area contributed by atoms with Crippen molar-refractivity contribution in [3.63, 3.8) is 0 Å². The average molecular weight is 223 g/mol. The normalized spacial score (nSPS) is 10.2. The molecule has 0 aliphatic rings. The van der Waals surface area contributed by atoms with Gasteiger partial charge in [-0.3, -0.25) is 4.79 Å². The van der Waals surface area contributed by atoms with E-state index in [0.29, 0.717) is 11.8 Å². The van der Waals surface area contributed by atoms with Crippen LogP contribution in [0.3, 0.4) is 0 Å². The number of rotatable bonds is 3. The minimum absolute atomic E-state index is 0.120. The number of hydrogen-bond donors (Lipinski definition) is 1. The van der Waals surface area contributed by atoms with Gasteiger partial charge in [0.1, 0.15) is 0 Å². The van der Waals surface area contributed by atoms with E-state index < -0.39 is 0 Å². The molecule has 1 amide bonds. The molecule has 0 fully saturated rings. The van der Waals surface area contributed by atoms with Crippen LogP contribution in [-0.4, -0.2) is 16.1 Å². The van der Waals surface area contributed by atoms with Crippen LogP contribution in [0.15, 0.2) is 21.9 Å². The van der Waals surface area contributed by atoms with Crippen LogP contribution in [0.4, 0.5) is 0 Å². The fraction of sp³-hybridized carbons (Fsp3) is 0.222. The van der Waals surface area contributed by atoms with Gasteiger partial charge in [0.05, 0.1) is 11.4 Å². The third kappa shape index (κ3) is 2.41. The number of thiophene rings is 1. The number of nitrogens with zero attached hydrogens (tertiary/aromatic N) is 2. The molecule has 2 aromatic heterocycles. The van der Waals surface area contributed by atoms with Gasteiger partial charge in [-0.1, -0.05) is 6.07 Å². The zero-order chi connectivity index (χ0) is 10.7. The summed E-state index contributed by atoms with van der Waals surface area (Å²) in [6.07, 6.45) is 0. The molecule has 0 spiro atoms. The summed E-state index contributed by atoms with van der Waals surface area (Å²) in [5.74, 6) is 0.782. The van der Waals surface area contributed by atoms with Crippen molar-refractivity contribution >= 4 is 17.2 Å². The standard InChI is InChI=1S/C9H9N3O2S/c1-6(13)10-5-8-11-12-9(14-8)7-3-2-4-15-7/h2-4H,5H2,1H3,(H,10,13). The van der Waals surface area contributed by atoms with Crippen LogP contribution in [0.2, 0.25) is 0 Å². The Hall–Kier alpha value is -1.69. The summed E-state index contributed by atoms with van der Waals surface area (Å²) in [5, 5.41) is 12.2. The Morgan fingerprint density at radius 3 is 3.13 bits per heavy atom. The van der Waals surface area contributed by atoms with E-state index in [1.54, 1.807) is 0 Å². The lowest BCUT2D eigenvalue weighted by Gasteiger charge is -1.94. The summed E-state index contributed by atoms with van der Waals surface area (Å²) in [6.45, 7) is 1.71. The zero-order valence-electron chi connectivity index (χ0n) is 8.06. The van der Waals surface area contributed by atoms with Gasteiger partial charge < -0.3 is 9.73 Å². The van der Waals surface area contributed by atoms with E-state index in [9.17, 15) is 4.79 Å². The van der Waals surface area contributed by atoms with E-state index in [4.69, 9.17) is 4.42 Å². The maximum Gasteiger partial charge on any atom is 0.257 e. The predicted octanol–water partition coefficient (Wildman–Crippen LogP) is 1.43. The minimum Gasteiger partial charge on any atom is -0.418 e. The van der Waals surface area contributed by atoms with Crippen molar-refractivity contribution in [2.75, 3.05) is 0 Å². The van der Waals surface area contributed by atoms with Crippen molar-refractivity contribution in [1.29, 1.82) is 0 Å². The van der Waals surface area contributed by atoms with Crippen molar-refractivity contribution in [3.8, 4) is 10.8 Å². The predicted molar refractivity (Wildman–Crippen MR) is 55.1 cm³/mol. The lowest BCUT2D eigenvalue weighted by molar-refractivity contribution is -0.119. The molecular weight excluding hydrogens is 214 g/mol. The Labute approximate surface area is 90.1 Å². The molecule has 0 aromatic carbocycles. The summed E-state index contributed by atoms with van der Waals surface area (Å²) in [7, 11) is 0. The van der Waals surface area contributed by atoms with Gasteiger partial charge in [0.2, 0.25) is 11.8 Å². The van der Waals surface area contributed by atoms with Crippen molar-refractivity contribution in [3.05, 3.63) is 23.4 Å². The highest BCUT2D eigenvalue weighted by Crippen LogP contribution is 2.22. The summed E-state index contributed by atoms with van der Waals surface area (Å²) >= 11 is 1.53. The van der Waals surface area contributed by atoms with Gasteiger partial charge in [-0.2, -0.15) is 0 Å². The maximum absolute atomic E-state index is 10.7. The van der Waals surface area contributed by atoms with Gasteiger partial charge in [0.25, 0.3) is 5.89 Å². The van der Waals surface area contributed by atoms with Crippen LogP contribution in [0.5, 0.6) is 0 Å². The van der Waals surface area contributed by atoms with Gasteiger partial charge in [0, 0.05) is 6.92 Å². The molecule has 0 radical (unpaired) electrons. The van der Waals surface area contributed by atoms with Crippen LogP contribution >= 0.6 is 11.3 Å². The van der Waals surface area contributed by atoms with Crippen molar-refractivity contribution in [2.45, 2.75) is 13.5 Å². The summed E-state index contributed by atoms with van der Waals surface area (Å²) < 4.78 is 5.35. The second kappa shape index (κ2) is 4.22. The molecule has 0 saturated carbocycles. The number of aromatic nitrogens is 2. The topological polar surface area (TPSA) is 68.0 Å². The van der Waals surface area contributed by atoms with Crippen LogP contribution in [-0.2, 0) is 11.3 Å². The second-order valence-corrected chi connectivity index (χ2v) is 3.84. The first kappa shape index (κ1) is 9.85. The molecule has 5 nitrogen and oxygen atoms in total. The smallest absolute Gasteiger partial charge is 0.257 e. The minimum atomic E-state index is -0.120. The van der Waals surface area contributed by atoms with Crippen LogP contribution in [0.25, 0.3) is 10.8 Å². The van der Waals surface area contributed by atoms with E-state index in [-0.39, 0.29) is 12.5 Å². The molecule has 1 N–H and O–H groups in total. The van der Waals surface area contributed by atoms with Crippen molar-refractivity contribution in [2.24, 2.45) is 0 Å². The monoisotopic (exact) mass is 223 g/mol. The third-order valence-corrected chi connectivity index (χ3v) is 2.55. The first-order valence-corrected chi connectivity index (χ1v) is 5.24. The highest BCUT2D eigenvalue weighted by Gasteiger charge is 2.08. The van der Waals surface area contributed by atoms with E-state index in [2.05, 4.69) is 15.5 Å². The highest BCUT2D eigenvalue weighted by molar-refractivity contribution is 7.13. The summed E-state index contributed by atoms with van der Waals surface area (Å²) in [4.78, 5) is 11.6. The lowest BCUT2D eigenvalue weighted by atomic mass is 10.5. The largest absolute Gasteiger partial charge is 0.418 e. The highest BCUT2D eigenvalue weighted by atomic mass is 32.1. The quantitative estimate of drug-likeness (QED) is 0.854. The maximum atomic E-state index is 10.7. The van der Waals surface area contributed by atoms with Crippen molar-refractivity contribution in [1.82, 2.24) is 15.5 Å². The van der Waals surface area contributed by atoms with Gasteiger partial charge in [-0.25, -0.2) is 0 Å². The number of nitrogens with one attached hydrogen (secondary N) is 1. The number of amides is 1. The van der Waals surface area contributed by atoms with Gasteiger partial charge in [-0.15, -0.1) is 21.5 Å². The molecular formula is C9H9N3O2S. The molecule has 78 valence electrons. The zero-order valence-corrected chi connectivity index (χ0v) is 8.87. The molecule has 2 aromatic rings. The SMILES string of the molecule is CC(=O)NCc1nnc(-c2cccs2)o1. The summed E-state index contributed by atoms with van der Waals surface area (Å²) in [5.41, 5.74) is 0. The van der Waals surface area contributed by atoms with Crippen LogP contribution < -0.4 is 5.32 Å². The molecule has 0 atom stereocenters. The lowest BCUT2D eigenvalue weighted by Crippen LogP contribution is -2.18. The fourth-order valence-electron chi connectivity index (χ4n) is 1.02.